The zero-order valence-corrected chi connectivity index (χ0v) is 11.9. The molecule has 118 valence electrons. The minimum Gasteiger partial charge on any atom is -0.859 e. The molecule has 22 heavy (non-hydrogen) atoms. The van der Waals surface area contributed by atoms with E-state index in [1.807, 2.05) is 6.07 Å². The van der Waals surface area contributed by atoms with Crippen LogP contribution in [-0.4, -0.2) is 36.1 Å². The van der Waals surface area contributed by atoms with Crippen molar-refractivity contribution in [3.8, 4) is 0 Å². The van der Waals surface area contributed by atoms with Gasteiger partial charge in [-0.3, -0.25) is 10.1 Å². The van der Waals surface area contributed by atoms with E-state index in [1.54, 1.807) is 24.3 Å². The van der Waals surface area contributed by atoms with Crippen LogP contribution >= 0.6 is 0 Å². The van der Waals surface area contributed by atoms with Crippen LogP contribution in [0.5, 0.6) is 0 Å². The van der Waals surface area contributed by atoms with Crippen LogP contribution in [0.15, 0.2) is 53.8 Å². The summed E-state index contributed by atoms with van der Waals surface area (Å²) in [6.45, 7) is 1.55. The quantitative estimate of drug-likeness (QED) is 0.341. The molecule has 1 heterocycles. The van der Waals surface area contributed by atoms with Gasteiger partial charge in [0.05, 0.1) is 24.3 Å². The van der Waals surface area contributed by atoms with Gasteiger partial charge in [0.2, 0.25) is 0 Å². The maximum atomic E-state index is 12.2. The summed E-state index contributed by atoms with van der Waals surface area (Å²) in [7, 11) is 0. The van der Waals surface area contributed by atoms with Crippen molar-refractivity contribution in [1.82, 2.24) is 4.90 Å². The van der Waals surface area contributed by atoms with Crippen LogP contribution in [0.1, 0.15) is 0 Å². The van der Waals surface area contributed by atoms with Crippen molar-refractivity contribution in [2.45, 2.75) is 0 Å². The summed E-state index contributed by atoms with van der Waals surface area (Å²) < 4.78 is 5.14. The molecule has 0 unspecified atom stereocenters. The number of ether oxygens (including phenoxy) is 1. The first-order chi connectivity index (χ1) is 10.6. The lowest BCUT2D eigenvalue weighted by atomic mass is 10.3. The van der Waals surface area contributed by atoms with Gasteiger partial charge in [-0.1, -0.05) is 18.2 Å². The van der Waals surface area contributed by atoms with Gasteiger partial charge >= 0.3 is 5.70 Å². The monoisotopic (exact) mass is 305 g/mol. The third kappa shape index (κ3) is 3.89. The molecule has 1 aliphatic heterocycles. The van der Waals surface area contributed by atoms with Gasteiger partial charge in [-0.2, -0.15) is 0 Å². The summed E-state index contributed by atoms with van der Waals surface area (Å²) in [6.07, 6.45) is 1.13. The molecule has 0 aromatic heterocycles. The highest BCUT2D eigenvalue weighted by molar-refractivity contribution is 5.46. The van der Waals surface area contributed by atoms with E-state index in [0.29, 0.717) is 32.0 Å². The smallest absolute Gasteiger partial charge is 0.308 e. The van der Waals surface area contributed by atoms with Crippen LogP contribution in [0.25, 0.3) is 0 Å². The van der Waals surface area contributed by atoms with Crippen molar-refractivity contribution >= 4 is 5.69 Å². The molecule has 0 atom stereocenters. The first-order valence-corrected chi connectivity index (χ1v) is 6.75. The topological polar surface area (TPSA) is 117 Å². The summed E-state index contributed by atoms with van der Waals surface area (Å²) in [5.74, 6) is -0.555. The zero-order chi connectivity index (χ0) is 15.9. The normalized spacial score (nSPS) is 16.9. The fourth-order valence-electron chi connectivity index (χ4n) is 1.96. The Labute approximate surface area is 127 Å². The Morgan fingerprint density at radius 3 is 2.55 bits per heavy atom. The van der Waals surface area contributed by atoms with Crippen LogP contribution in [-0.2, 0) is 4.74 Å². The molecule has 1 aromatic rings. The van der Waals surface area contributed by atoms with E-state index in [1.165, 1.54) is 4.90 Å². The second-order valence-corrected chi connectivity index (χ2v) is 4.62. The fourth-order valence-corrected chi connectivity index (χ4v) is 1.96. The van der Waals surface area contributed by atoms with Gasteiger partial charge in [-0.25, -0.2) is 0 Å². The molecule has 0 radical (unpaired) electrons. The van der Waals surface area contributed by atoms with Crippen LogP contribution in [0.2, 0.25) is 0 Å². The van der Waals surface area contributed by atoms with E-state index >= 15 is 0 Å². The number of nitrogens with two attached hydrogens (primary N) is 1. The lowest BCUT2D eigenvalue weighted by molar-refractivity contribution is -0.423. The van der Waals surface area contributed by atoms with Gasteiger partial charge in [0.15, 0.2) is 0 Å². The molecule has 1 saturated heterocycles. The molecular weight excluding hydrogens is 288 g/mol. The number of morpholine rings is 1. The second-order valence-electron chi connectivity index (χ2n) is 4.62. The summed E-state index contributed by atoms with van der Waals surface area (Å²) >= 11 is 0. The number of nitro groups is 1. The Balaban J connectivity index is 2.20. The van der Waals surface area contributed by atoms with E-state index in [2.05, 4.69) is 5.32 Å². The van der Waals surface area contributed by atoms with Gasteiger partial charge in [0.1, 0.15) is 5.70 Å². The van der Waals surface area contributed by atoms with Gasteiger partial charge in [0.25, 0.3) is 0 Å². The third-order valence-electron chi connectivity index (χ3n) is 3.15. The molecule has 1 aromatic carbocycles. The van der Waals surface area contributed by atoms with Crippen molar-refractivity contribution in [1.29, 1.82) is 0 Å². The van der Waals surface area contributed by atoms with Gasteiger partial charge in [-0.15, -0.1) is 0 Å². The van der Waals surface area contributed by atoms with Crippen LogP contribution in [0.3, 0.4) is 0 Å². The maximum absolute atomic E-state index is 12.2. The van der Waals surface area contributed by atoms with Crippen molar-refractivity contribution < 1.29 is 14.8 Å². The summed E-state index contributed by atoms with van der Waals surface area (Å²) in [5.41, 5.74) is 5.50. The molecule has 0 bridgehead atoms. The Morgan fingerprint density at radius 2 is 1.95 bits per heavy atom. The van der Waals surface area contributed by atoms with Crippen LogP contribution in [0.4, 0.5) is 5.69 Å². The molecule has 8 heteroatoms. The molecule has 1 fully saturated rings. The van der Waals surface area contributed by atoms with Gasteiger partial charge in [-0.05, 0) is 18.0 Å². The molecule has 0 amide bonds. The zero-order valence-electron chi connectivity index (χ0n) is 11.9. The van der Waals surface area contributed by atoms with Crippen LogP contribution < -0.4 is 16.2 Å². The SMILES string of the molecule is NC(C(=CNc1ccccc1)[N+](=O)[O-])=C([O-])N1CCOCC1. The second kappa shape index (κ2) is 7.32. The fraction of sp³-hybridized carbons (Fsp3) is 0.286. The number of nitrogens with zero attached hydrogens (tertiary/aromatic N) is 2. The van der Waals surface area contributed by atoms with E-state index in [0.717, 1.165) is 6.20 Å². The number of benzene rings is 1. The lowest BCUT2D eigenvalue weighted by Crippen LogP contribution is -2.41. The predicted octanol–water partition coefficient (Wildman–Crippen LogP) is 0.0369. The minimum atomic E-state index is -0.677. The molecule has 0 saturated carbocycles. The Morgan fingerprint density at radius 1 is 1.32 bits per heavy atom. The summed E-state index contributed by atoms with van der Waals surface area (Å²) in [6, 6.07) is 8.88. The molecular formula is C14H17N4O4-. The largest absolute Gasteiger partial charge is 0.859 e. The first kappa shape index (κ1) is 15.6. The van der Waals surface area contributed by atoms with Gasteiger partial charge < -0.3 is 25.8 Å². The minimum absolute atomic E-state index is 0.372. The Bertz CT molecular complexity index is 580. The van der Waals surface area contributed by atoms with Crippen molar-refractivity contribution in [2.24, 2.45) is 5.73 Å². The molecule has 0 spiro atoms. The Kier molecular flexibility index (Phi) is 5.21. The molecule has 3 N–H and O–H groups in total. The number of nitrogens with one attached hydrogen (secondary N) is 1. The lowest BCUT2D eigenvalue weighted by Gasteiger charge is -2.34. The van der Waals surface area contributed by atoms with E-state index in [-0.39, 0.29) is 0 Å². The van der Waals surface area contributed by atoms with Gasteiger partial charge in [0, 0.05) is 18.8 Å². The standard InChI is InChI=1S/C14H18N4O4/c15-13(14(19)17-6-8-22-9-7-17)12(18(20)21)10-16-11-4-2-1-3-5-11/h1-5,10,16,19H,6-9,15H2/p-1. The number of anilines is 1. The maximum Gasteiger partial charge on any atom is 0.308 e. The number of hydrogen-bond acceptors (Lipinski definition) is 7. The average molecular weight is 305 g/mol. The highest BCUT2D eigenvalue weighted by Crippen LogP contribution is 2.13. The average Bonchev–Trinajstić information content (AvgIpc) is 2.55. The predicted molar refractivity (Wildman–Crippen MR) is 78.7 cm³/mol. The number of hydrogen-bond donors (Lipinski definition) is 2. The Hall–Kier alpha value is -2.74. The van der Waals surface area contributed by atoms with E-state index < -0.39 is 22.2 Å². The summed E-state index contributed by atoms with van der Waals surface area (Å²) in [5, 5.41) is 26.1. The van der Waals surface area contributed by atoms with E-state index in [9.17, 15) is 15.2 Å². The van der Waals surface area contributed by atoms with E-state index in [4.69, 9.17) is 10.5 Å². The molecule has 8 nitrogen and oxygen atoms in total. The highest BCUT2D eigenvalue weighted by Gasteiger charge is 2.19. The van der Waals surface area contributed by atoms with Crippen molar-refractivity contribution in [2.75, 3.05) is 31.6 Å². The third-order valence-corrected chi connectivity index (χ3v) is 3.15. The summed E-state index contributed by atoms with van der Waals surface area (Å²) in [4.78, 5) is 11.9. The molecule has 2 rings (SSSR count). The highest BCUT2D eigenvalue weighted by atomic mass is 16.6. The van der Waals surface area contributed by atoms with Crippen LogP contribution in [0, 0.1) is 10.1 Å². The number of rotatable bonds is 5. The molecule has 0 aliphatic carbocycles. The first-order valence-electron chi connectivity index (χ1n) is 6.75. The number of para-hydroxylation sites is 1. The van der Waals surface area contributed by atoms with Crippen molar-refractivity contribution in [3.63, 3.8) is 0 Å². The van der Waals surface area contributed by atoms with Crippen molar-refractivity contribution in [3.05, 3.63) is 63.9 Å². The molecule has 1 aliphatic rings.